The van der Waals surface area contributed by atoms with Crippen LogP contribution in [0.2, 0.25) is 0 Å². The van der Waals surface area contributed by atoms with E-state index in [0.29, 0.717) is 41.5 Å². The van der Waals surface area contributed by atoms with Crippen molar-refractivity contribution in [1.29, 1.82) is 0 Å². The number of nitrogens with zero attached hydrogens (tertiary/aromatic N) is 2. The number of likely N-dealkylation sites (N-methyl/N-ethyl adjacent to an activating group) is 1. The van der Waals surface area contributed by atoms with Crippen LogP contribution in [-0.2, 0) is 16.1 Å². The van der Waals surface area contributed by atoms with E-state index in [4.69, 9.17) is 15.2 Å². The van der Waals surface area contributed by atoms with Gasteiger partial charge in [-0.3, -0.25) is 15.5 Å². The Labute approximate surface area is 201 Å². The Balaban J connectivity index is 1.54. The van der Waals surface area contributed by atoms with Gasteiger partial charge in [-0.25, -0.2) is 4.79 Å². The molecule has 3 aliphatic heterocycles. The van der Waals surface area contributed by atoms with Crippen LogP contribution < -0.4 is 16.5 Å². The summed E-state index contributed by atoms with van der Waals surface area (Å²) in [7, 11) is 1.96. The van der Waals surface area contributed by atoms with Gasteiger partial charge in [0.2, 0.25) is 0 Å². The van der Waals surface area contributed by atoms with Crippen LogP contribution in [0.1, 0.15) is 36.8 Å². The zero-order valence-corrected chi connectivity index (χ0v) is 19.4. The maximum Gasteiger partial charge on any atom is 0.432 e. The molecule has 2 atom stereocenters. The summed E-state index contributed by atoms with van der Waals surface area (Å²) in [5, 5.41) is 14.4. The summed E-state index contributed by atoms with van der Waals surface area (Å²) in [6, 6.07) is 5.79. The van der Waals surface area contributed by atoms with Crippen molar-refractivity contribution in [2.75, 3.05) is 32.1 Å². The van der Waals surface area contributed by atoms with Crippen LogP contribution in [0.15, 0.2) is 35.5 Å². The van der Waals surface area contributed by atoms with Gasteiger partial charge in [-0.2, -0.15) is 18.3 Å². The first-order chi connectivity index (χ1) is 16.6. The van der Waals surface area contributed by atoms with Gasteiger partial charge >= 0.3 is 12.3 Å². The average molecular weight is 498 g/mol. The van der Waals surface area contributed by atoms with Crippen LogP contribution in [-0.4, -0.2) is 66.4 Å². The van der Waals surface area contributed by atoms with E-state index < -0.39 is 18.0 Å². The number of amides is 1. The number of carbonyl (C=O) groups excluding carboxylic acids is 1. The van der Waals surface area contributed by atoms with Crippen LogP contribution in [0.3, 0.4) is 0 Å². The molecule has 4 rings (SSSR count). The van der Waals surface area contributed by atoms with Gasteiger partial charge < -0.3 is 20.5 Å². The number of alkyl halides is 3. The summed E-state index contributed by atoms with van der Waals surface area (Å²) in [5.74, 6) is 0. The van der Waals surface area contributed by atoms with Gasteiger partial charge in [-0.15, -0.1) is 0 Å². The van der Waals surface area contributed by atoms with Gasteiger partial charge in [-0.1, -0.05) is 6.07 Å². The van der Waals surface area contributed by atoms with Crippen LogP contribution in [0.25, 0.3) is 5.70 Å². The molecule has 1 aromatic carbocycles. The average Bonchev–Trinajstić information content (AvgIpc) is 2.86. The number of hydrogen-bond donors (Lipinski definition) is 4. The van der Waals surface area contributed by atoms with Gasteiger partial charge in [0.05, 0.1) is 12.3 Å². The molecule has 3 aliphatic rings. The van der Waals surface area contributed by atoms with Crippen LogP contribution in [0.5, 0.6) is 0 Å². The summed E-state index contributed by atoms with van der Waals surface area (Å²) in [4.78, 5) is 13.0. The fourth-order valence-corrected chi connectivity index (χ4v) is 4.73. The summed E-state index contributed by atoms with van der Waals surface area (Å²) < 4.78 is 50.5. The molecular weight excluding hydrogens is 467 g/mol. The van der Waals surface area contributed by atoms with Crippen LogP contribution in [0, 0.1) is 0 Å². The van der Waals surface area contributed by atoms with Crippen LogP contribution in [0.4, 0.5) is 23.7 Å². The number of fused-ring (bicyclic) bond motifs is 2. The number of rotatable bonds is 4. The molecule has 192 valence electrons. The molecule has 3 heterocycles. The maximum atomic E-state index is 13.3. The van der Waals surface area contributed by atoms with E-state index in [9.17, 15) is 23.2 Å². The molecule has 1 saturated heterocycles. The second kappa shape index (κ2) is 10.3. The zero-order valence-electron chi connectivity index (χ0n) is 19.4. The first-order valence-corrected chi connectivity index (χ1v) is 11.5. The minimum absolute atomic E-state index is 0.0998. The first-order valence-electron chi connectivity index (χ1n) is 11.5. The maximum absolute atomic E-state index is 13.3. The van der Waals surface area contributed by atoms with Crippen molar-refractivity contribution < 1.29 is 32.6 Å². The Morgan fingerprint density at radius 3 is 2.89 bits per heavy atom. The smallest absolute Gasteiger partial charge is 0.432 e. The largest absolute Gasteiger partial charge is 0.448 e. The molecule has 9 nitrogen and oxygen atoms in total. The lowest BCUT2D eigenvalue weighted by Crippen LogP contribution is -2.48. The number of nitrogens with one attached hydrogen (secondary N) is 2. The fourth-order valence-electron chi connectivity index (χ4n) is 4.73. The summed E-state index contributed by atoms with van der Waals surface area (Å²) in [6.45, 7) is 1.64. The molecule has 0 radical (unpaired) electrons. The molecule has 0 spiro atoms. The highest BCUT2D eigenvalue weighted by Crippen LogP contribution is 2.37. The molecule has 35 heavy (non-hydrogen) atoms. The predicted octanol–water partition coefficient (Wildman–Crippen LogP) is 3.33. The van der Waals surface area contributed by atoms with Gasteiger partial charge in [0, 0.05) is 36.5 Å². The topological polar surface area (TPSA) is 112 Å². The minimum Gasteiger partial charge on any atom is -0.448 e. The summed E-state index contributed by atoms with van der Waals surface area (Å²) in [5.41, 5.74) is 8.98. The lowest BCUT2D eigenvalue weighted by molar-refractivity contribution is -0.132. The van der Waals surface area contributed by atoms with E-state index in [1.807, 2.05) is 24.6 Å². The molecule has 1 amide bonds. The number of likely N-dealkylation sites (tertiary alicyclic amines) is 1. The Morgan fingerprint density at radius 2 is 2.17 bits per heavy atom. The molecule has 0 aliphatic carbocycles. The highest BCUT2D eigenvalue weighted by Gasteiger charge is 2.38. The van der Waals surface area contributed by atoms with Gasteiger partial charge in [-0.05, 0) is 62.1 Å². The number of primary amides is 1. The number of piperidine rings is 1. The molecule has 0 saturated carbocycles. The quantitative estimate of drug-likeness (QED) is 0.501. The number of carbonyl (C=O) groups is 1. The number of hydroxylamine groups is 1. The Bertz CT molecular complexity index is 1010. The first kappa shape index (κ1) is 25.1. The second-order valence-electron chi connectivity index (χ2n) is 9.02. The Morgan fingerprint density at radius 1 is 1.37 bits per heavy atom. The molecule has 0 unspecified atom stereocenters. The lowest BCUT2D eigenvalue weighted by Gasteiger charge is -2.37. The normalized spacial score (nSPS) is 23.7. The van der Waals surface area contributed by atoms with Crippen molar-refractivity contribution in [2.45, 2.75) is 50.6 Å². The molecule has 0 aromatic heterocycles. The van der Waals surface area contributed by atoms with E-state index in [-0.39, 0.29) is 25.3 Å². The van der Waals surface area contributed by atoms with Crippen molar-refractivity contribution in [3.8, 4) is 0 Å². The van der Waals surface area contributed by atoms with E-state index in [2.05, 4.69) is 10.2 Å². The van der Waals surface area contributed by atoms with Gasteiger partial charge in [0.25, 0.3) is 0 Å². The van der Waals surface area contributed by atoms with Crippen molar-refractivity contribution in [3.05, 3.63) is 46.7 Å². The molecule has 0 bridgehead atoms. The summed E-state index contributed by atoms with van der Waals surface area (Å²) in [6.07, 6.45) is -1.78. The third kappa shape index (κ3) is 6.00. The number of anilines is 1. The van der Waals surface area contributed by atoms with E-state index >= 15 is 0 Å². The molecule has 1 aromatic rings. The number of benzene rings is 1. The number of halogens is 3. The van der Waals surface area contributed by atoms with Crippen LogP contribution >= 0.6 is 0 Å². The fraction of sp³-hybridized carbons (Fsp3) is 0.522. The lowest BCUT2D eigenvalue weighted by atomic mass is 9.96. The number of hydrogen-bond acceptors (Lipinski definition) is 8. The molecule has 5 N–H and O–H groups in total. The number of ether oxygens (including phenoxy) is 2. The van der Waals surface area contributed by atoms with Gasteiger partial charge in [0.1, 0.15) is 12.3 Å². The van der Waals surface area contributed by atoms with Crippen molar-refractivity contribution >= 4 is 17.5 Å². The van der Waals surface area contributed by atoms with Crippen molar-refractivity contribution in [1.82, 2.24) is 15.5 Å². The molecule has 12 heteroatoms. The Kier molecular flexibility index (Phi) is 7.43. The number of allylic oxidation sites excluding steroid dienone is 3. The molecule has 1 fully saturated rings. The van der Waals surface area contributed by atoms with Gasteiger partial charge in [0.15, 0.2) is 0 Å². The highest BCUT2D eigenvalue weighted by atomic mass is 19.4. The highest BCUT2D eigenvalue weighted by molar-refractivity contribution is 5.74. The van der Waals surface area contributed by atoms with E-state index in [1.54, 1.807) is 6.07 Å². The minimum atomic E-state index is -4.61. The summed E-state index contributed by atoms with van der Waals surface area (Å²) >= 11 is 0. The van der Waals surface area contributed by atoms with E-state index in [0.717, 1.165) is 36.7 Å². The van der Waals surface area contributed by atoms with Crippen molar-refractivity contribution in [2.24, 2.45) is 5.73 Å². The second-order valence-corrected chi connectivity index (χ2v) is 9.02. The monoisotopic (exact) mass is 497 g/mol. The van der Waals surface area contributed by atoms with E-state index in [1.165, 1.54) is 0 Å². The molecular formula is C23H30F3N5O4. The van der Waals surface area contributed by atoms with Crippen molar-refractivity contribution in [3.63, 3.8) is 0 Å². The third-order valence-corrected chi connectivity index (χ3v) is 6.49. The zero-order chi connectivity index (χ0) is 25.2. The standard InChI is InChI=1S/C23H30F3N5O4/c1-30-11-17(4-6-18(30)13-35-22(27)32)28-16-5-7-19-15(9-16)12-34-8-2-3-14-10-20(23(24,25)26)29-31(33)21(14)19/h5,7,9-10,17-18,28-29,33H,2-4,6,8,11-13H2,1H3,(H2,27,32)/t17-,18+/m1/s1. The number of nitrogens with two attached hydrogens (primary N) is 1. The Hall–Kier alpha value is -2.96. The number of hydrazine groups is 1. The SMILES string of the molecule is CN1C[C@H](Nc2ccc3c(c2)COCCCC2=C3N(O)NC(C(F)(F)F)=C2)CC[C@H]1COC(N)=O. The predicted molar refractivity (Wildman–Crippen MR) is 122 cm³/mol. The third-order valence-electron chi connectivity index (χ3n) is 6.49.